The van der Waals surface area contributed by atoms with Crippen LogP contribution in [0.15, 0.2) is 54.6 Å². The van der Waals surface area contributed by atoms with Crippen molar-refractivity contribution in [3.8, 4) is 5.75 Å². The molecule has 0 amide bonds. The van der Waals surface area contributed by atoms with Gasteiger partial charge in [-0.3, -0.25) is 4.57 Å². The number of rotatable bonds is 4. The zero-order valence-electron chi connectivity index (χ0n) is 9.67. The van der Waals surface area contributed by atoms with Gasteiger partial charge in [0.25, 0.3) is 0 Å². The summed E-state index contributed by atoms with van der Waals surface area (Å²) >= 11 is 0. The first kappa shape index (κ1) is 11.8. The molecule has 1 unspecified atom stereocenters. The molecule has 3 heteroatoms. The lowest BCUT2D eigenvalue weighted by Gasteiger charge is -2.04. The van der Waals surface area contributed by atoms with E-state index in [1.54, 1.807) is 0 Å². The van der Waals surface area contributed by atoms with Crippen molar-refractivity contribution in [3.63, 3.8) is 0 Å². The average molecular weight is 245 g/mol. The molecule has 0 saturated carbocycles. The summed E-state index contributed by atoms with van der Waals surface area (Å²) in [6.45, 7) is 2.59. The van der Waals surface area contributed by atoms with Crippen molar-refractivity contribution >= 4 is 18.4 Å². The molecular weight excluding hydrogens is 231 g/mol. The lowest BCUT2D eigenvalue weighted by molar-refractivity contribution is 0.340. The van der Waals surface area contributed by atoms with Crippen LogP contribution in [-0.4, -0.2) is 6.61 Å². The van der Waals surface area contributed by atoms with Gasteiger partial charge in [-0.15, -0.1) is 0 Å². The third-order valence-electron chi connectivity index (χ3n) is 2.37. The first-order valence-electron chi connectivity index (χ1n) is 5.56. The SMILES string of the molecule is CCOc1ccc([P](=O)c2ccccc2)cc1. The normalized spacial score (nSPS) is 11.0. The lowest BCUT2D eigenvalue weighted by Crippen LogP contribution is -2.05. The Kier molecular flexibility index (Phi) is 3.89. The molecule has 2 nitrogen and oxygen atoms in total. The molecule has 0 saturated heterocycles. The van der Waals surface area contributed by atoms with Gasteiger partial charge in [0.1, 0.15) is 13.6 Å². The van der Waals surface area contributed by atoms with Gasteiger partial charge in [0.05, 0.1) is 6.61 Å². The molecule has 0 N–H and O–H groups in total. The number of ether oxygens (including phenoxy) is 1. The zero-order chi connectivity index (χ0) is 12.1. The molecule has 0 aromatic heterocycles. The summed E-state index contributed by atoms with van der Waals surface area (Å²) in [5.74, 6) is 0.813. The molecule has 0 fully saturated rings. The van der Waals surface area contributed by atoms with E-state index in [0.29, 0.717) is 6.61 Å². The molecule has 87 valence electrons. The van der Waals surface area contributed by atoms with Gasteiger partial charge >= 0.3 is 0 Å². The van der Waals surface area contributed by atoms with Crippen LogP contribution in [0.3, 0.4) is 0 Å². The van der Waals surface area contributed by atoms with Gasteiger partial charge in [-0.2, -0.15) is 0 Å². The van der Waals surface area contributed by atoms with Crippen molar-refractivity contribution < 1.29 is 9.30 Å². The highest BCUT2D eigenvalue weighted by Crippen LogP contribution is 2.20. The topological polar surface area (TPSA) is 26.3 Å². The lowest BCUT2D eigenvalue weighted by atomic mass is 10.3. The van der Waals surface area contributed by atoms with Crippen LogP contribution in [0.1, 0.15) is 6.92 Å². The van der Waals surface area contributed by atoms with Crippen LogP contribution in [0.2, 0.25) is 0 Å². The summed E-state index contributed by atoms with van der Waals surface area (Å²) < 4.78 is 17.6. The second-order valence-electron chi connectivity index (χ2n) is 3.56. The monoisotopic (exact) mass is 245 g/mol. The molecule has 17 heavy (non-hydrogen) atoms. The fourth-order valence-corrected chi connectivity index (χ4v) is 2.72. The maximum absolute atomic E-state index is 12.2. The van der Waals surface area contributed by atoms with Gasteiger partial charge in [-0.25, -0.2) is 0 Å². The molecule has 1 atom stereocenters. The van der Waals surface area contributed by atoms with Crippen LogP contribution >= 0.6 is 7.80 Å². The number of hydrogen-bond donors (Lipinski definition) is 0. The Morgan fingerprint density at radius 1 is 0.941 bits per heavy atom. The molecule has 1 radical (unpaired) electrons. The van der Waals surface area contributed by atoms with Crippen LogP contribution < -0.4 is 15.3 Å². The minimum absolute atomic E-state index is 0.643. The van der Waals surface area contributed by atoms with Crippen molar-refractivity contribution in [1.29, 1.82) is 0 Å². The third-order valence-corrected chi connectivity index (χ3v) is 3.91. The Labute approximate surface area is 102 Å². The van der Waals surface area contributed by atoms with Gasteiger partial charge in [0.15, 0.2) is 0 Å². The number of hydrogen-bond acceptors (Lipinski definition) is 2. The maximum Gasteiger partial charge on any atom is 0.136 e. The maximum atomic E-state index is 12.2. The first-order chi connectivity index (χ1) is 8.31. The van der Waals surface area contributed by atoms with Crippen molar-refractivity contribution in [2.45, 2.75) is 6.92 Å². The summed E-state index contributed by atoms with van der Waals surface area (Å²) in [6.07, 6.45) is 0. The van der Waals surface area contributed by atoms with E-state index in [0.717, 1.165) is 16.4 Å². The summed E-state index contributed by atoms with van der Waals surface area (Å²) in [4.78, 5) is 0. The Bertz CT molecular complexity index is 491. The highest BCUT2D eigenvalue weighted by Gasteiger charge is 2.06. The van der Waals surface area contributed by atoms with Crippen molar-refractivity contribution in [1.82, 2.24) is 0 Å². The summed E-state index contributed by atoms with van der Waals surface area (Å²) in [5, 5.41) is 1.68. The van der Waals surface area contributed by atoms with E-state index in [1.807, 2.05) is 61.5 Å². The summed E-state index contributed by atoms with van der Waals surface area (Å²) in [5.41, 5.74) is 0. The van der Waals surface area contributed by atoms with Crippen LogP contribution in [0.5, 0.6) is 5.75 Å². The van der Waals surface area contributed by atoms with E-state index in [4.69, 9.17) is 4.74 Å². The smallest absolute Gasteiger partial charge is 0.136 e. The molecule has 2 aromatic rings. The minimum atomic E-state index is -1.50. The van der Waals surface area contributed by atoms with E-state index in [9.17, 15) is 4.57 Å². The van der Waals surface area contributed by atoms with Crippen LogP contribution in [0, 0.1) is 0 Å². The highest BCUT2D eigenvalue weighted by atomic mass is 31.1. The summed E-state index contributed by atoms with van der Waals surface area (Å²) in [6, 6.07) is 16.9. The molecular formula is C14H14O2P. The van der Waals surface area contributed by atoms with E-state index in [1.165, 1.54) is 0 Å². The Morgan fingerprint density at radius 2 is 1.53 bits per heavy atom. The molecule has 0 aliphatic rings. The van der Waals surface area contributed by atoms with Gasteiger partial charge in [-0.05, 0) is 43.3 Å². The Hall–Kier alpha value is -1.66. The second kappa shape index (κ2) is 5.60. The largest absolute Gasteiger partial charge is 0.494 e. The van der Waals surface area contributed by atoms with E-state index >= 15 is 0 Å². The van der Waals surface area contributed by atoms with Crippen LogP contribution in [0.4, 0.5) is 0 Å². The molecule has 0 aliphatic heterocycles. The van der Waals surface area contributed by atoms with Gasteiger partial charge in [0.2, 0.25) is 0 Å². The van der Waals surface area contributed by atoms with Gasteiger partial charge in [-0.1, -0.05) is 18.2 Å². The van der Waals surface area contributed by atoms with Crippen LogP contribution in [-0.2, 0) is 4.57 Å². The fraction of sp³-hybridized carbons (Fsp3) is 0.143. The quantitative estimate of drug-likeness (QED) is 0.774. The summed E-state index contributed by atoms with van der Waals surface area (Å²) in [7, 11) is -1.50. The fourth-order valence-electron chi connectivity index (χ4n) is 1.56. The standard InChI is InChI=1S/C14H14O2P/c1-2-16-12-8-10-14(11-9-12)17(15)13-6-4-3-5-7-13/h3-11H,2H2,1H3. The first-order valence-corrected chi connectivity index (χ1v) is 6.82. The van der Waals surface area contributed by atoms with Crippen molar-refractivity contribution in [2.75, 3.05) is 6.61 Å². The molecule has 2 rings (SSSR count). The van der Waals surface area contributed by atoms with E-state index in [2.05, 4.69) is 0 Å². The van der Waals surface area contributed by atoms with E-state index in [-0.39, 0.29) is 0 Å². The van der Waals surface area contributed by atoms with Gasteiger partial charge < -0.3 is 4.74 Å². The average Bonchev–Trinajstić information content (AvgIpc) is 2.40. The highest BCUT2D eigenvalue weighted by molar-refractivity contribution is 7.61. The second-order valence-corrected chi connectivity index (χ2v) is 5.18. The van der Waals surface area contributed by atoms with Crippen molar-refractivity contribution in [3.05, 3.63) is 54.6 Å². The predicted octanol–water partition coefficient (Wildman–Crippen LogP) is 2.86. The van der Waals surface area contributed by atoms with Gasteiger partial charge in [0, 0.05) is 10.6 Å². The molecule has 0 heterocycles. The molecule has 0 bridgehead atoms. The third kappa shape index (κ3) is 2.92. The Balaban J connectivity index is 2.20. The molecule has 0 aliphatic carbocycles. The van der Waals surface area contributed by atoms with Crippen molar-refractivity contribution in [2.24, 2.45) is 0 Å². The zero-order valence-corrected chi connectivity index (χ0v) is 10.6. The Morgan fingerprint density at radius 3 is 2.12 bits per heavy atom. The van der Waals surface area contributed by atoms with Crippen LogP contribution in [0.25, 0.3) is 0 Å². The molecule has 0 spiro atoms. The molecule has 2 aromatic carbocycles. The minimum Gasteiger partial charge on any atom is -0.494 e. The number of benzene rings is 2. The van der Waals surface area contributed by atoms with E-state index < -0.39 is 7.80 Å². The predicted molar refractivity (Wildman–Crippen MR) is 70.9 cm³/mol.